The fourth-order valence-electron chi connectivity index (χ4n) is 5.64. The van der Waals surface area contributed by atoms with Crippen molar-refractivity contribution in [2.24, 2.45) is 5.92 Å². The van der Waals surface area contributed by atoms with Crippen LogP contribution in [0.2, 0.25) is 0 Å². The van der Waals surface area contributed by atoms with Crippen molar-refractivity contribution in [3.63, 3.8) is 0 Å². The van der Waals surface area contributed by atoms with Gasteiger partial charge in [-0.1, -0.05) is 68.8 Å². The number of likely N-dealkylation sites (tertiary alicyclic amines) is 1. The molecule has 6 rings (SSSR count). The average molecular weight is 590 g/mol. The first-order valence-corrected chi connectivity index (χ1v) is 15.2. The zero-order chi connectivity index (χ0) is 30.8. The fraction of sp³-hybridized carbons (Fsp3) is 0.306. The van der Waals surface area contributed by atoms with E-state index in [9.17, 15) is 9.59 Å². The van der Waals surface area contributed by atoms with Gasteiger partial charge in [0.05, 0.1) is 11.4 Å². The van der Waals surface area contributed by atoms with Crippen molar-refractivity contribution in [3.05, 3.63) is 108 Å². The predicted octanol–water partition coefficient (Wildman–Crippen LogP) is 7.96. The topological polar surface area (TPSA) is 92.4 Å². The third-order valence-corrected chi connectivity index (χ3v) is 8.27. The highest BCUT2D eigenvalue weighted by molar-refractivity contribution is 5.99. The monoisotopic (exact) mass is 589 g/mol. The van der Waals surface area contributed by atoms with Gasteiger partial charge in [0.1, 0.15) is 11.4 Å². The highest BCUT2D eigenvalue weighted by atomic mass is 16.3. The number of carbonyl (C=O) groups excluding carboxylic acids is 2. The molecule has 44 heavy (non-hydrogen) atoms. The number of benzene rings is 3. The second-order valence-corrected chi connectivity index (χ2v) is 12.8. The van der Waals surface area contributed by atoms with E-state index in [1.165, 1.54) is 5.56 Å². The van der Waals surface area contributed by atoms with Crippen LogP contribution in [0.1, 0.15) is 61.0 Å². The van der Waals surface area contributed by atoms with E-state index in [0.717, 1.165) is 66.0 Å². The molecule has 2 aromatic heterocycles. The molecule has 0 spiro atoms. The number of fused-ring (bicyclic) bond motifs is 1. The van der Waals surface area contributed by atoms with Gasteiger partial charge in [0.15, 0.2) is 5.76 Å². The SMILES string of the molecule is Cc1ccc(-n2nc(C(C)(C)C)cc2NC(=O)Nc2ccc(CC3CCN(C(=O)c4cc5ccccc5o4)CC3)cc2)cc1. The number of aromatic nitrogens is 2. The first kappa shape index (κ1) is 29.2. The summed E-state index contributed by atoms with van der Waals surface area (Å²) in [6, 6.07) is 27.2. The van der Waals surface area contributed by atoms with Gasteiger partial charge in [0.25, 0.3) is 5.91 Å². The molecule has 3 aromatic carbocycles. The van der Waals surface area contributed by atoms with Gasteiger partial charge in [-0.25, -0.2) is 9.48 Å². The molecule has 0 saturated carbocycles. The van der Waals surface area contributed by atoms with Crippen LogP contribution in [0.25, 0.3) is 16.7 Å². The largest absolute Gasteiger partial charge is 0.451 e. The van der Waals surface area contributed by atoms with Crippen molar-refractivity contribution in [1.82, 2.24) is 14.7 Å². The zero-order valence-corrected chi connectivity index (χ0v) is 25.8. The number of amides is 3. The molecule has 3 amide bonds. The second-order valence-electron chi connectivity index (χ2n) is 12.8. The van der Waals surface area contributed by atoms with Crippen molar-refractivity contribution in [1.29, 1.82) is 0 Å². The Kier molecular flexibility index (Phi) is 7.99. The van der Waals surface area contributed by atoms with E-state index in [2.05, 4.69) is 43.5 Å². The lowest BCUT2D eigenvalue weighted by atomic mass is 9.90. The molecule has 0 bridgehead atoms. The minimum absolute atomic E-state index is 0.0371. The van der Waals surface area contributed by atoms with Gasteiger partial charge in [0.2, 0.25) is 0 Å². The van der Waals surface area contributed by atoms with E-state index in [4.69, 9.17) is 9.52 Å². The number of nitrogens with zero attached hydrogens (tertiary/aromatic N) is 3. The molecule has 0 unspecified atom stereocenters. The molecule has 2 N–H and O–H groups in total. The van der Waals surface area contributed by atoms with Crippen LogP contribution in [0.3, 0.4) is 0 Å². The molecular weight excluding hydrogens is 550 g/mol. The standard InChI is InChI=1S/C36H39N5O3/c1-24-9-15-29(16-10-24)41-33(23-32(39-41)36(2,3)4)38-35(43)37-28-13-11-25(12-14-28)21-26-17-19-40(20-18-26)34(42)31-22-27-7-5-6-8-30(27)44-31/h5-16,22-23,26H,17-21H2,1-4H3,(H2,37,38,43). The number of aryl methyl sites for hydroxylation is 1. The Morgan fingerprint density at radius 1 is 0.909 bits per heavy atom. The summed E-state index contributed by atoms with van der Waals surface area (Å²) in [5.41, 5.74) is 5.44. The fourth-order valence-corrected chi connectivity index (χ4v) is 5.64. The van der Waals surface area contributed by atoms with Crippen molar-refractivity contribution < 1.29 is 14.0 Å². The zero-order valence-electron chi connectivity index (χ0n) is 25.8. The van der Waals surface area contributed by atoms with Gasteiger partial charge in [0, 0.05) is 35.6 Å². The van der Waals surface area contributed by atoms with Gasteiger partial charge in [-0.3, -0.25) is 10.1 Å². The van der Waals surface area contributed by atoms with Gasteiger partial charge in [-0.2, -0.15) is 5.10 Å². The van der Waals surface area contributed by atoms with Crippen LogP contribution in [0.5, 0.6) is 0 Å². The number of carbonyl (C=O) groups is 2. The average Bonchev–Trinajstić information content (AvgIpc) is 3.63. The molecule has 1 aliphatic rings. The van der Waals surface area contributed by atoms with Crippen LogP contribution in [0.15, 0.2) is 89.3 Å². The summed E-state index contributed by atoms with van der Waals surface area (Å²) in [6.45, 7) is 9.79. The van der Waals surface area contributed by atoms with Gasteiger partial charge in [-0.15, -0.1) is 0 Å². The highest BCUT2D eigenvalue weighted by Crippen LogP contribution is 2.28. The Hall–Kier alpha value is -4.85. The van der Waals surface area contributed by atoms with Gasteiger partial charge < -0.3 is 14.6 Å². The number of nitrogens with one attached hydrogen (secondary N) is 2. The normalized spacial score (nSPS) is 14.1. The lowest BCUT2D eigenvalue weighted by Gasteiger charge is -2.31. The maximum atomic E-state index is 13.0. The van der Waals surface area contributed by atoms with Crippen LogP contribution in [-0.4, -0.2) is 39.7 Å². The van der Waals surface area contributed by atoms with E-state index >= 15 is 0 Å². The lowest BCUT2D eigenvalue weighted by Crippen LogP contribution is -2.38. The van der Waals surface area contributed by atoms with E-state index in [-0.39, 0.29) is 17.4 Å². The molecule has 8 heteroatoms. The van der Waals surface area contributed by atoms with Crippen LogP contribution < -0.4 is 10.6 Å². The lowest BCUT2D eigenvalue weighted by molar-refractivity contribution is 0.0661. The first-order chi connectivity index (χ1) is 21.1. The maximum Gasteiger partial charge on any atom is 0.324 e. The molecule has 0 aliphatic carbocycles. The van der Waals surface area contributed by atoms with Crippen LogP contribution >= 0.6 is 0 Å². The first-order valence-electron chi connectivity index (χ1n) is 15.2. The number of rotatable bonds is 6. The van der Waals surface area contributed by atoms with E-state index in [0.29, 0.717) is 17.5 Å². The Morgan fingerprint density at radius 3 is 2.30 bits per heavy atom. The Morgan fingerprint density at radius 2 is 1.61 bits per heavy atom. The summed E-state index contributed by atoms with van der Waals surface area (Å²) in [5, 5.41) is 11.7. The molecule has 3 heterocycles. The number of para-hydroxylation sites is 1. The summed E-state index contributed by atoms with van der Waals surface area (Å²) in [6.07, 6.45) is 2.82. The van der Waals surface area contributed by atoms with Gasteiger partial charge >= 0.3 is 6.03 Å². The highest BCUT2D eigenvalue weighted by Gasteiger charge is 2.26. The Balaban J connectivity index is 1.03. The van der Waals surface area contributed by atoms with Crippen molar-refractivity contribution in [2.75, 3.05) is 23.7 Å². The summed E-state index contributed by atoms with van der Waals surface area (Å²) < 4.78 is 7.57. The maximum absolute atomic E-state index is 13.0. The van der Waals surface area contributed by atoms with Crippen LogP contribution in [0.4, 0.5) is 16.3 Å². The summed E-state index contributed by atoms with van der Waals surface area (Å²) in [5.74, 6) is 1.48. The predicted molar refractivity (Wildman–Crippen MR) is 175 cm³/mol. The van der Waals surface area contributed by atoms with Crippen molar-refractivity contribution >= 4 is 34.4 Å². The van der Waals surface area contributed by atoms with Crippen LogP contribution in [0, 0.1) is 12.8 Å². The second kappa shape index (κ2) is 12.0. The summed E-state index contributed by atoms with van der Waals surface area (Å²) in [7, 11) is 0. The number of hydrogen-bond donors (Lipinski definition) is 2. The number of anilines is 2. The Labute approximate surface area is 258 Å². The van der Waals surface area contributed by atoms with Crippen LogP contribution in [-0.2, 0) is 11.8 Å². The quantitative estimate of drug-likeness (QED) is 0.210. The third kappa shape index (κ3) is 6.54. The van der Waals surface area contributed by atoms with Gasteiger partial charge in [-0.05, 0) is 74.1 Å². The summed E-state index contributed by atoms with van der Waals surface area (Å²) >= 11 is 0. The molecule has 5 aromatic rings. The van der Waals surface area contributed by atoms with Crippen molar-refractivity contribution in [3.8, 4) is 5.69 Å². The molecule has 0 radical (unpaired) electrons. The molecule has 1 aliphatic heterocycles. The number of urea groups is 1. The smallest absolute Gasteiger partial charge is 0.324 e. The van der Waals surface area contributed by atoms with E-state index in [1.807, 2.05) is 84.6 Å². The molecule has 1 saturated heterocycles. The van der Waals surface area contributed by atoms with E-state index < -0.39 is 0 Å². The summed E-state index contributed by atoms with van der Waals surface area (Å²) in [4.78, 5) is 27.9. The molecule has 1 fully saturated rings. The number of furan rings is 1. The molecule has 226 valence electrons. The van der Waals surface area contributed by atoms with Crippen molar-refractivity contribution in [2.45, 2.75) is 52.4 Å². The van der Waals surface area contributed by atoms with E-state index in [1.54, 1.807) is 4.68 Å². The molecule has 8 nitrogen and oxygen atoms in total. The minimum Gasteiger partial charge on any atom is -0.451 e. The minimum atomic E-state index is -0.326. The number of piperidine rings is 1. The third-order valence-electron chi connectivity index (χ3n) is 8.27. The molecule has 0 atom stereocenters. The molecular formula is C36H39N5O3. The Bertz CT molecular complexity index is 1740. The number of hydrogen-bond acceptors (Lipinski definition) is 4.